The minimum atomic E-state index is -4.47. The summed E-state index contributed by atoms with van der Waals surface area (Å²) in [5.41, 5.74) is -0.499. The van der Waals surface area contributed by atoms with Gasteiger partial charge in [0.25, 0.3) is 0 Å². The van der Waals surface area contributed by atoms with Gasteiger partial charge in [-0.2, -0.15) is 13.2 Å². The number of hydrogen-bond donors (Lipinski definition) is 2. The summed E-state index contributed by atoms with van der Waals surface area (Å²) in [6.45, 7) is 0.895. The molecule has 100 valence electrons. The van der Waals surface area contributed by atoms with Crippen LogP contribution in [0.25, 0.3) is 0 Å². The van der Waals surface area contributed by atoms with Crippen molar-refractivity contribution in [3.05, 3.63) is 22.2 Å². The quantitative estimate of drug-likeness (QED) is 0.630. The van der Waals surface area contributed by atoms with Gasteiger partial charge in [-0.1, -0.05) is 0 Å². The summed E-state index contributed by atoms with van der Waals surface area (Å²) in [6, 6.07) is 2.43. The number of rotatable bonds is 5. The highest BCUT2D eigenvalue weighted by atomic mass is 19.4. The molecule has 0 fully saturated rings. The van der Waals surface area contributed by atoms with Gasteiger partial charge in [0, 0.05) is 12.6 Å². The van der Waals surface area contributed by atoms with Gasteiger partial charge in [-0.05, 0) is 13.0 Å². The maximum absolute atomic E-state index is 12.0. The first-order chi connectivity index (χ1) is 8.33. The average molecular weight is 264 g/mol. The first-order valence-corrected chi connectivity index (χ1v) is 5.03. The summed E-state index contributed by atoms with van der Waals surface area (Å²) in [7, 11) is 0. The Kier molecular flexibility index (Phi) is 4.29. The molecule has 1 rings (SSSR count). The zero-order chi connectivity index (χ0) is 13.8. The fourth-order valence-electron chi connectivity index (χ4n) is 1.19. The summed E-state index contributed by atoms with van der Waals surface area (Å²) < 4.78 is 36.1. The van der Waals surface area contributed by atoms with Crippen molar-refractivity contribution in [3.63, 3.8) is 0 Å². The predicted molar refractivity (Wildman–Crippen MR) is 59.6 cm³/mol. The number of nitro groups is 1. The van der Waals surface area contributed by atoms with E-state index in [1.165, 1.54) is 6.07 Å². The van der Waals surface area contributed by atoms with Crippen molar-refractivity contribution in [1.29, 1.82) is 0 Å². The summed E-state index contributed by atoms with van der Waals surface area (Å²) in [5.74, 6) is -0.136. The van der Waals surface area contributed by atoms with E-state index in [-0.39, 0.29) is 5.82 Å². The van der Waals surface area contributed by atoms with Crippen LogP contribution in [-0.2, 0) is 0 Å². The predicted octanol–water partition coefficient (Wildman–Crippen LogP) is 2.40. The van der Waals surface area contributed by atoms with Crippen molar-refractivity contribution in [1.82, 2.24) is 4.98 Å². The third kappa shape index (κ3) is 4.07. The normalized spacial score (nSPS) is 11.1. The van der Waals surface area contributed by atoms with Gasteiger partial charge in [-0.25, -0.2) is 4.98 Å². The van der Waals surface area contributed by atoms with Gasteiger partial charge in [-0.15, -0.1) is 0 Å². The van der Waals surface area contributed by atoms with Crippen LogP contribution in [-0.4, -0.2) is 29.2 Å². The third-order valence-corrected chi connectivity index (χ3v) is 1.88. The number of nitrogens with zero attached hydrogens (tertiary/aromatic N) is 2. The van der Waals surface area contributed by atoms with E-state index in [4.69, 9.17) is 0 Å². The van der Waals surface area contributed by atoms with E-state index in [0.29, 0.717) is 6.54 Å². The molecule has 1 heterocycles. The van der Waals surface area contributed by atoms with Crippen LogP contribution in [0.4, 0.5) is 30.5 Å². The molecule has 18 heavy (non-hydrogen) atoms. The minimum absolute atomic E-state index is 0.271. The molecular formula is C9H11F3N4O2. The molecule has 0 amide bonds. The van der Waals surface area contributed by atoms with Crippen molar-refractivity contribution >= 4 is 17.3 Å². The summed E-state index contributed by atoms with van der Waals surface area (Å²) >= 11 is 0. The van der Waals surface area contributed by atoms with Gasteiger partial charge in [0.2, 0.25) is 5.82 Å². The zero-order valence-electron chi connectivity index (χ0n) is 9.41. The smallest absolute Gasteiger partial charge is 0.370 e. The number of halogens is 3. The topological polar surface area (TPSA) is 80.1 Å². The summed E-state index contributed by atoms with van der Waals surface area (Å²) in [4.78, 5) is 13.6. The molecule has 0 aliphatic carbocycles. The second kappa shape index (κ2) is 5.52. The Labute approximate surface area is 100 Å². The van der Waals surface area contributed by atoms with Crippen molar-refractivity contribution in [2.75, 3.05) is 23.7 Å². The van der Waals surface area contributed by atoms with Crippen molar-refractivity contribution in [3.8, 4) is 0 Å². The monoisotopic (exact) mass is 264 g/mol. The molecule has 2 N–H and O–H groups in total. The Morgan fingerprint density at radius 3 is 2.56 bits per heavy atom. The second-order valence-electron chi connectivity index (χ2n) is 3.32. The lowest BCUT2D eigenvalue weighted by Gasteiger charge is -2.10. The lowest BCUT2D eigenvalue weighted by molar-refractivity contribution is -0.384. The lowest BCUT2D eigenvalue weighted by atomic mass is 10.3. The van der Waals surface area contributed by atoms with Crippen LogP contribution in [0.1, 0.15) is 6.92 Å². The Morgan fingerprint density at radius 2 is 2.06 bits per heavy atom. The molecule has 1 aromatic heterocycles. The van der Waals surface area contributed by atoms with E-state index >= 15 is 0 Å². The Balaban J connectivity index is 2.96. The van der Waals surface area contributed by atoms with Crippen LogP contribution in [0.2, 0.25) is 0 Å². The lowest BCUT2D eigenvalue weighted by Crippen LogP contribution is -2.22. The van der Waals surface area contributed by atoms with Gasteiger partial charge in [0.15, 0.2) is 0 Å². The number of alkyl halides is 3. The van der Waals surface area contributed by atoms with E-state index in [0.717, 1.165) is 6.07 Å². The second-order valence-corrected chi connectivity index (χ2v) is 3.32. The molecule has 0 aromatic carbocycles. The van der Waals surface area contributed by atoms with Crippen LogP contribution in [0.15, 0.2) is 12.1 Å². The molecule has 0 aliphatic heterocycles. The highest BCUT2D eigenvalue weighted by molar-refractivity contribution is 5.60. The Morgan fingerprint density at radius 1 is 1.39 bits per heavy atom. The van der Waals surface area contributed by atoms with Crippen LogP contribution < -0.4 is 10.6 Å². The maximum atomic E-state index is 12.0. The first kappa shape index (κ1) is 14.0. The van der Waals surface area contributed by atoms with Gasteiger partial charge in [0.1, 0.15) is 12.4 Å². The molecule has 0 saturated heterocycles. The highest BCUT2D eigenvalue weighted by Gasteiger charge is 2.28. The van der Waals surface area contributed by atoms with Crippen molar-refractivity contribution in [2.24, 2.45) is 0 Å². The van der Waals surface area contributed by atoms with Crippen LogP contribution in [0, 0.1) is 10.1 Å². The summed E-state index contributed by atoms with van der Waals surface area (Å²) in [6.07, 6.45) is -4.47. The van der Waals surface area contributed by atoms with Gasteiger partial charge < -0.3 is 10.6 Å². The largest absolute Gasteiger partial charge is 0.405 e. The fourth-order valence-corrected chi connectivity index (χ4v) is 1.19. The van der Waals surface area contributed by atoms with E-state index in [1.54, 1.807) is 6.92 Å². The highest BCUT2D eigenvalue weighted by Crippen LogP contribution is 2.25. The minimum Gasteiger partial charge on any atom is -0.370 e. The van der Waals surface area contributed by atoms with Crippen LogP contribution in [0.5, 0.6) is 0 Å². The molecule has 0 unspecified atom stereocenters. The molecule has 1 aromatic rings. The first-order valence-electron chi connectivity index (χ1n) is 5.03. The summed E-state index contributed by atoms with van der Waals surface area (Å²) in [5, 5.41) is 15.3. The van der Waals surface area contributed by atoms with E-state index in [2.05, 4.69) is 10.3 Å². The SMILES string of the molecule is CCNc1ccc([N+](=O)[O-])c(NCC(F)(F)F)n1. The Hall–Kier alpha value is -2.06. The maximum Gasteiger partial charge on any atom is 0.405 e. The molecule has 0 spiro atoms. The molecular weight excluding hydrogens is 253 g/mol. The number of hydrogen-bond acceptors (Lipinski definition) is 5. The van der Waals surface area contributed by atoms with E-state index in [1.807, 2.05) is 5.32 Å². The van der Waals surface area contributed by atoms with Crippen LogP contribution >= 0.6 is 0 Å². The fraction of sp³-hybridized carbons (Fsp3) is 0.444. The molecule has 0 saturated carbocycles. The molecule has 6 nitrogen and oxygen atoms in total. The average Bonchev–Trinajstić information content (AvgIpc) is 2.25. The van der Waals surface area contributed by atoms with E-state index in [9.17, 15) is 23.3 Å². The standard InChI is InChI=1S/C9H11F3N4O2/c1-2-13-7-4-3-6(16(17)18)8(15-7)14-5-9(10,11)12/h3-4H,2,5H2,1H3,(H2,13,14,15). The van der Waals surface area contributed by atoms with Gasteiger partial charge >= 0.3 is 11.9 Å². The Bertz CT molecular complexity index is 436. The molecule has 0 bridgehead atoms. The van der Waals surface area contributed by atoms with Crippen LogP contribution in [0.3, 0.4) is 0 Å². The van der Waals surface area contributed by atoms with Gasteiger partial charge in [0.05, 0.1) is 4.92 Å². The molecule has 9 heteroatoms. The van der Waals surface area contributed by atoms with Gasteiger partial charge in [-0.3, -0.25) is 10.1 Å². The third-order valence-electron chi connectivity index (χ3n) is 1.88. The number of nitrogens with one attached hydrogen (secondary N) is 2. The number of aromatic nitrogens is 1. The zero-order valence-corrected chi connectivity index (χ0v) is 9.41. The number of anilines is 2. The van der Waals surface area contributed by atoms with Crippen molar-refractivity contribution < 1.29 is 18.1 Å². The van der Waals surface area contributed by atoms with E-state index < -0.39 is 29.1 Å². The molecule has 0 atom stereocenters. The molecule has 0 radical (unpaired) electrons. The number of pyridine rings is 1. The molecule has 0 aliphatic rings. The van der Waals surface area contributed by atoms with Crippen molar-refractivity contribution in [2.45, 2.75) is 13.1 Å².